The van der Waals surface area contributed by atoms with Crippen LogP contribution in [0.4, 0.5) is 0 Å². The fourth-order valence-electron chi connectivity index (χ4n) is 3.03. The van der Waals surface area contributed by atoms with Crippen molar-refractivity contribution < 1.29 is 0 Å². The first-order valence-corrected chi connectivity index (χ1v) is 9.33. The minimum atomic E-state index is 0.428. The molecule has 1 saturated carbocycles. The number of nitrogens with one attached hydrogen (secondary N) is 1. The Balaban J connectivity index is 1.95. The van der Waals surface area contributed by atoms with E-state index < -0.39 is 0 Å². The van der Waals surface area contributed by atoms with Gasteiger partial charge in [-0.05, 0) is 39.9 Å². The van der Waals surface area contributed by atoms with E-state index in [1.54, 1.807) is 0 Å². The van der Waals surface area contributed by atoms with E-state index in [1.807, 2.05) is 11.3 Å². The molecule has 1 unspecified atom stereocenters. The quantitative estimate of drug-likeness (QED) is 0.867. The van der Waals surface area contributed by atoms with Gasteiger partial charge < -0.3 is 5.32 Å². The van der Waals surface area contributed by atoms with Crippen LogP contribution in [0, 0.1) is 13.8 Å². The first-order valence-electron chi connectivity index (χ1n) is 7.29. The summed E-state index contributed by atoms with van der Waals surface area (Å²) in [4.78, 5) is 5.94. The molecule has 1 N–H and O–H groups in total. The zero-order valence-corrected chi connectivity index (χ0v) is 14.2. The summed E-state index contributed by atoms with van der Waals surface area (Å²) in [6, 6.07) is 0.428. The Bertz CT molecular complexity index is 408. The van der Waals surface area contributed by atoms with Crippen LogP contribution in [0.3, 0.4) is 0 Å². The van der Waals surface area contributed by atoms with E-state index in [-0.39, 0.29) is 0 Å². The van der Waals surface area contributed by atoms with Crippen LogP contribution in [0.2, 0.25) is 0 Å². The molecule has 0 radical (unpaired) electrons. The van der Waals surface area contributed by atoms with Gasteiger partial charge >= 0.3 is 0 Å². The molecule has 0 amide bonds. The molecule has 0 saturated heterocycles. The van der Waals surface area contributed by atoms with Crippen molar-refractivity contribution >= 4 is 23.1 Å². The normalized spacial score (nSPS) is 20.4. The van der Waals surface area contributed by atoms with Gasteiger partial charge in [-0.2, -0.15) is 11.8 Å². The third kappa shape index (κ3) is 3.73. The number of hydrogen-bond acceptors (Lipinski definition) is 4. The fourth-order valence-corrected chi connectivity index (χ4v) is 4.91. The summed E-state index contributed by atoms with van der Waals surface area (Å²) in [6.45, 7) is 7.63. The van der Waals surface area contributed by atoms with Crippen LogP contribution in [0.15, 0.2) is 0 Å². The van der Waals surface area contributed by atoms with E-state index in [0.29, 0.717) is 10.8 Å². The molecular weight excluding hydrogens is 272 g/mol. The first kappa shape index (κ1) is 15.3. The largest absolute Gasteiger partial charge is 0.308 e. The van der Waals surface area contributed by atoms with Gasteiger partial charge in [0.05, 0.1) is 10.7 Å². The number of aromatic nitrogens is 1. The van der Waals surface area contributed by atoms with Crippen molar-refractivity contribution in [3.05, 3.63) is 15.6 Å². The average Bonchev–Trinajstić information content (AvgIpc) is 2.76. The lowest BCUT2D eigenvalue weighted by molar-refractivity contribution is 0.368. The molecule has 0 spiro atoms. The van der Waals surface area contributed by atoms with Gasteiger partial charge in [0.2, 0.25) is 0 Å². The Morgan fingerprint density at radius 2 is 2.00 bits per heavy atom. The van der Waals surface area contributed by atoms with E-state index >= 15 is 0 Å². The molecule has 1 aliphatic rings. The van der Waals surface area contributed by atoms with Crippen molar-refractivity contribution in [2.45, 2.75) is 63.7 Å². The highest BCUT2D eigenvalue weighted by Gasteiger charge is 2.31. The van der Waals surface area contributed by atoms with Crippen LogP contribution in [-0.2, 0) is 0 Å². The average molecular weight is 299 g/mol. The molecule has 1 aliphatic carbocycles. The first-order chi connectivity index (χ1) is 9.06. The molecule has 2 rings (SSSR count). The lowest BCUT2D eigenvalue weighted by atomic mass is 9.88. The van der Waals surface area contributed by atoms with Gasteiger partial charge in [0.25, 0.3) is 0 Å². The Morgan fingerprint density at radius 1 is 1.32 bits per heavy atom. The summed E-state index contributed by atoms with van der Waals surface area (Å²) in [7, 11) is 0. The van der Waals surface area contributed by atoms with Gasteiger partial charge in [0.1, 0.15) is 0 Å². The lowest BCUT2D eigenvalue weighted by Crippen LogP contribution is -2.40. The van der Waals surface area contributed by atoms with E-state index in [0.717, 1.165) is 6.54 Å². The van der Waals surface area contributed by atoms with Gasteiger partial charge in [-0.25, -0.2) is 4.98 Å². The van der Waals surface area contributed by atoms with E-state index in [1.165, 1.54) is 47.7 Å². The van der Waals surface area contributed by atoms with Crippen molar-refractivity contribution in [2.75, 3.05) is 12.8 Å². The number of nitrogens with zero attached hydrogens (tertiary/aromatic N) is 1. The second kappa shape index (κ2) is 6.59. The van der Waals surface area contributed by atoms with E-state index in [2.05, 4.69) is 49.1 Å². The van der Waals surface area contributed by atoms with Crippen LogP contribution in [0.25, 0.3) is 0 Å². The predicted octanol–water partition coefficient (Wildman–Crippen LogP) is 4.48. The summed E-state index contributed by atoms with van der Waals surface area (Å²) in [5.74, 6) is 0. The fraction of sp³-hybridized carbons (Fsp3) is 0.800. The van der Waals surface area contributed by atoms with E-state index in [4.69, 9.17) is 0 Å². The molecule has 1 fully saturated rings. The lowest BCUT2D eigenvalue weighted by Gasteiger charge is -2.36. The third-order valence-corrected chi connectivity index (χ3v) is 6.94. The summed E-state index contributed by atoms with van der Waals surface area (Å²) < 4.78 is 0.472. The Labute approximate surface area is 125 Å². The summed E-state index contributed by atoms with van der Waals surface area (Å²) in [6.07, 6.45) is 9.24. The van der Waals surface area contributed by atoms with Crippen molar-refractivity contribution in [3.8, 4) is 0 Å². The van der Waals surface area contributed by atoms with Crippen LogP contribution < -0.4 is 5.32 Å². The van der Waals surface area contributed by atoms with Crippen molar-refractivity contribution in [2.24, 2.45) is 0 Å². The predicted molar refractivity (Wildman–Crippen MR) is 87.3 cm³/mol. The highest BCUT2D eigenvalue weighted by molar-refractivity contribution is 8.00. The number of rotatable bonds is 5. The second-order valence-corrected chi connectivity index (χ2v) is 8.24. The Hall–Kier alpha value is -0.0600. The molecule has 1 heterocycles. The highest BCUT2D eigenvalue weighted by atomic mass is 32.2. The molecule has 19 heavy (non-hydrogen) atoms. The molecule has 1 aromatic heterocycles. The van der Waals surface area contributed by atoms with Gasteiger partial charge in [0.15, 0.2) is 0 Å². The van der Waals surface area contributed by atoms with Gasteiger partial charge in [-0.3, -0.25) is 0 Å². The number of thioether (sulfide) groups is 1. The van der Waals surface area contributed by atoms with Crippen LogP contribution in [0.5, 0.6) is 0 Å². The molecular formula is C15H26N2S2. The standard InChI is InChI=1S/C15H26N2S2/c1-11(14-12(2)17-13(3)19-14)16-10-15(18-4)8-6-5-7-9-15/h11,16H,5-10H2,1-4H3. The van der Waals surface area contributed by atoms with Crippen LogP contribution >= 0.6 is 23.1 Å². The SMILES string of the molecule is CSC1(CNC(C)c2sc(C)nc2C)CCCCC1. The Morgan fingerprint density at radius 3 is 2.53 bits per heavy atom. The van der Waals surface area contributed by atoms with Gasteiger partial charge in [-0.1, -0.05) is 19.3 Å². The molecule has 4 heteroatoms. The van der Waals surface area contributed by atoms with Gasteiger partial charge in [0, 0.05) is 22.2 Å². The van der Waals surface area contributed by atoms with Crippen molar-refractivity contribution in [1.82, 2.24) is 10.3 Å². The molecule has 1 atom stereocenters. The maximum Gasteiger partial charge on any atom is 0.0900 e. The molecule has 1 aromatic rings. The number of hydrogen-bond donors (Lipinski definition) is 1. The summed E-state index contributed by atoms with van der Waals surface area (Å²) in [5, 5.41) is 4.94. The van der Waals surface area contributed by atoms with Gasteiger partial charge in [-0.15, -0.1) is 11.3 Å². The Kier molecular flexibility index (Phi) is 5.32. The molecule has 2 nitrogen and oxygen atoms in total. The van der Waals surface area contributed by atoms with E-state index in [9.17, 15) is 0 Å². The maximum atomic E-state index is 4.54. The minimum absolute atomic E-state index is 0.428. The highest BCUT2D eigenvalue weighted by Crippen LogP contribution is 2.38. The van der Waals surface area contributed by atoms with Crippen LogP contribution in [-0.4, -0.2) is 22.5 Å². The van der Waals surface area contributed by atoms with Crippen LogP contribution in [0.1, 0.15) is 60.6 Å². The summed E-state index contributed by atoms with van der Waals surface area (Å²) in [5.41, 5.74) is 1.20. The number of thiazole rings is 1. The maximum absolute atomic E-state index is 4.54. The number of aryl methyl sites for hydroxylation is 2. The zero-order valence-electron chi connectivity index (χ0n) is 12.6. The third-order valence-electron chi connectivity index (χ3n) is 4.26. The topological polar surface area (TPSA) is 24.9 Å². The summed E-state index contributed by atoms with van der Waals surface area (Å²) >= 11 is 3.90. The smallest absolute Gasteiger partial charge is 0.0900 e. The molecule has 0 bridgehead atoms. The molecule has 0 aliphatic heterocycles. The molecule has 108 valence electrons. The van der Waals surface area contributed by atoms with Crippen molar-refractivity contribution in [3.63, 3.8) is 0 Å². The monoisotopic (exact) mass is 298 g/mol. The second-order valence-electron chi connectivity index (χ2n) is 5.73. The zero-order chi connectivity index (χ0) is 13.9. The minimum Gasteiger partial charge on any atom is -0.308 e. The molecule has 0 aromatic carbocycles. The van der Waals surface area contributed by atoms with Crippen molar-refractivity contribution in [1.29, 1.82) is 0 Å².